The number of hydrogen-bond donors (Lipinski definition) is 2. The van der Waals surface area contributed by atoms with Crippen molar-refractivity contribution in [3.63, 3.8) is 0 Å². The molecule has 6 nitrogen and oxygen atoms in total. The fourth-order valence-electron chi connectivity index (χ4n) is 2.73. The molecule has 0 aliphatic carbocycles. The van der Waals surface area contributed by atoms with Crippen molar-refractivity contribution in [3.8, 4) is 5.75 Å². The lowest BCUT2D eigenvalue weighted by molar-refractivity contribution is -0.137. The Bertz CT molecular complexity index is 576. The van der Waals surface area contributed by atoms with E-state index in [2.05, 4.69) is 5.32 Å². The van der Waals surface area contributed by atoms with Gasteiger partial charge in [0.1, 0.15) is 18.4 Å². The lowest BCUT2D eigenvalue weighted by Crippen LogP contribution is -2.55. The Hall–Kier alpha value is -2.24. The van der Waals surface area contributed by atoms with Crippen LogP contribution in [0, 0.1) is 5.92 Å². The first-order valence-corrected chi connectivity index (χ1v) is 8.01. The van der Waals surface area contributed by atoms with E-state index >= 15 is 0 Å². The van der Waals surface area contributed by atoms with Crippen LogP contribution in [0.5, 0.6) is 5.75 Å². The van der Waals surface area contributed by atoms with Crippen LogP contribution >= 0.6 is 0 Å². The van der Waals surface area contributed by atoms with Crippen molar-refractivity contribution in [1.82, 2.24) is 10.2 Å². The summed E-state index contributed by atoms with van der Waals surface area (Å²) in [5.74, 6) is 0.685. The highest BCUT2D eigenvalue weighted by Gasteiger charge is 2.33. The van der Waals surface area contributed by atoms with Crippen molar-refractivity contribution in [2.45, 2.75) is 45.8 Å². The third kappa shape index (κ3) is 3.94. The molecule has 2 rings (SSSR count). The molecule has 1 aliphatic heterocycles. The van der Waals surface area contributed by atoms with Crippen LogP contribution < -0.4 is 15.8 Å². The maximum atomic E-state index is 13.0. The summed E-state index contributed by atoms with van der Waals surface area (Å²) in [5, 5.41) is 2.60. The molecule has 1 heterocycles. The third-order valence-electron chi connectivity index (χ3n) is 4.39. The Morgan fingerprint density at radius 3 is 2.78 bits per heavy atom. The molecule has 0 aromatic heterocycles. The Morgan fingerprint density at radius 2 is 2.13 bits per heavy atom. The van der Waals surface area contributed by atoms with E-state index in [0.29, 0.717) is 13.2 Å². The van der Waals surface area contributed by atoms with E-state index in [1.165, 1.54) is 0 Å². The predicted octanol–water partition coefficient (Wildman–Crippen LogP) is 1.88. The summed E-state index contributed by atoms with van der Waals surface area (Å²) in [6.45, 7) is 6.75. The zero-order valence-corrected chi connectivity index (χ0v) is 13.9. The molecule has 6 heteroatoms. The highest BCUT2D eigenvalue weighted by atomic mass is 16.5. The van der Waals surface area contributed by atoms with Gasteiger partial charge in [-0.05, 0) is 18.9 Å². The van der Waals surface area contributed by atoms with Crippen molar-refractivity contribution in [1.29, 1.82) is 0 Å². The number of hydrogen-bond acceptors (Lipinski definition) is 3. The van der Waals surface area contributed by atoms with E-state index in [1.54, 1.807) is 4.90 Å². The number of benzene rings is 1. The topological polar surface area (TPSA) is 84.7 Å². The van der Waals surface area contributed by atoms with Gasteiger partial charge in [-0.2, -0.15) is 0 Å². The van der Waals surface area contributed by atoms with Crippen LogP contribution in [0.4, 0.5) is 4.79 Å². The van der Waals surface area contributed by atoms with E-state index in [-0.39, 0.29) is 17.9 Å². The van der Waals surface area contributed by atoms with Gasteiger partial charge in [0.2, 0.25) is 5.91 Å². The van der Waals surface area contributed by atoms with Crippen LogP contribution in [0.2, 0.25) is 0 Å². The second-order valence-electron chi connectivity index (χ2n) is 6.11. The number of rotatable bonds is 4. The average molecular weight is 319 g/mol. The number of primary amides is 1. The lowest BCUT2D eigenvalue weighted by Gasteiger charge is -2.32. The molecule has 0 spiro atoms. The van der Waals surface area contributed by atoms with Gasteiger partial charge in [0.25, 0.3) is 0 Å². The molecule has 0 radical (unpaired) electrons. The van der Waals surface area contributed by atoms with E-state index in [9.17, 15) is 9.59 Å². The summed E-state index contributed by atoms with van der Waals surface area (Å²) in [4.78, 5) is 26.1. The van der Waals surface area contributed by atoms with Crippen molar-refractivity contribution >= 4 is 11.9 Å². The second-order valence-corrected chi connectivity index (χ2v) is 6.11. The van der Waals surface area contributed by atoms with Gasteiger partial charge in [-0.25, -0.2) is 4.79 Å². The minimum absolute atomic E-state index is 0.00150. The van der Waals surface area contributed by atoms with E-state index in [0.717, 1.165) is 17.7 Å². The number of para-hydroxylation sites is 1. The number of fused-ring (bicyclic) bond motifs is 1. The van der Waals surface area contributed by atoms with Gasteiger partial charge in [-0.1, -0.05) is 38.5 Å². The Morgan fingerprint density at radius 1 is 1.43 bits per heavy atom. The Kier molecular flexibility index (Phi) is 5.47. The summed E-state index contributed by atoms with van der Waals surface area (Å²) >= 11 is 0. The highest BCUT2D eigenvalue weighted by Crippen LogP contribution is 2.26. The van der Waals surface area contributed by atoms with E-state index in [1.807, 2.05) is 45.0 Å². The molecule has 1 aromatic carbocycles. The molecule has 0 saturated carbocycles. The van der Waals surface area contributed by atoms with Crippen LogP contribution in [0.1, 0.15) is 32.8 Å². The zero-order chi connectivity index (χ0) is 17.0. The number of nitrogens with two attached hydrogens (primary N) is 1. The standard InChI is InChI=1S/C17H25N3O3/c1-4-11(2)15(19-17(18)22)16(21)20-9-13-7-5-6-8-14(13)23-10-12(20)3/h5-8,11-12,15H,4,9-10H2,1-3H3,(H3,18,19,22)/t11-,12-,15+/m0/s1. The molecule has 3 N–H and O–H groups in total. The first-order valence-electron chi connectivity index (χ1n) is 8.01. The molecule has 0 fully saturated rings. The number of amides is 3. The maximum Gasteiger partial charge on any atom is 0.312 e. The van der Waals surface area contributed by atoms with Crippen molar-refractivity contribution < 1.29 is 14.3 Å². The van der Waals surface area contributed by atoms with Crippen molar-refractivity contribution in [3.05, 3.63) is 29.8 Å². The minimum Gasteiger partial charge on any atom is -0.491 e. The van der Waals surface area contributed by atoms with Crippen molar-refractivity contribution in [2.75, 3.05) is 6.61 Å². The van der Waals surface area contributed by atoms with E-state index < -0.39 is 12.1 Å². The van der Waals surface area contributed by atoms with Crippen LogP contribution in [-0.2, 0) is 11.3 Å². The van der Waals surface area contributed by atoms with Crippen LogP contribution in [0.25, 0.3) is 0 Å². The van der Waals surface area contributed by atoms with Crippen LogP contribution in [-0.4, -0.2) is 35.5 Å². The number of carbonyl (C=O) groups is 2. The van der Waals surface area contributed by atoms with Gasteiger partial charge in [0.15, 0.2) is 0 Å². The number of nitrogens with zero attached hydrogens (tertiary/aromatic N) is 1. The first kappa shape index (κ1) is 17.1. The van der Waals surface area contributed by atoms with Gasteiger partial charge in [0, 0.05) is 12.1 Å². The first-order chi connectivity index (χ1) is 10.9. The van der Waals surface area contributed by atoms with E-state index in [4.69, 9.17) is 10.5 Å². The Balaban J connectivity index is 2.26. The number of nitrogens with one attached hydrogen (secondary N) is 1. The molecule has 0 unspecified atom stereocenters. The second kappa shape index (κ2) is 7.35. The molecule has 0 bridgehead atoms. The molecule has 23 heavy (non-hydrogen) atoms. The summed E-state index contributed by atoms with van der Waals surface area (Å²) in [6.07, 6.45) is 0.770. The van der Waals surface area contributed by atoms with Gasteiger partial charge in [-0.15, -0.1) is 0 Å². The smallest absolute Gasteiger partial charge is 0.312 e. The van der Waals surface area contributed by atoms with Gasteiger partial charge in [-0.3, -0.25) is 4.79 Å². The largest absolute Gasteiger partial charge is 0.491 e. The SMILES string of the molecule is CC[C@H](C)[C@@H](NC(N)=O)C(=O)N1Cc2ccccc2OC[C@@H]1C. The lowest BCUT2D eigenvalue weighted by atomic mass is 9.97. The van der Waals surface area contributed by atoms with Gasteiger partial charge >= 0.3 is 6.03 Å². The predicted molar refractivity (Wildman–Crippen MR) is 87.9 cm³/mol. The van der Waals surface area contributed by atoms with Crippen molar-refractivity contribution in [2.24, 2.45) is 11.7 Å². The van der Waals surface area contributed by atoms with Crippen LogP contribution in [0.15, 0.2) is 24.3 Å². The Labute approximate surface area is 137 Å². The zero-order valence-electron chi connectivity index (χ0n) is 13.9. The summed E-state index contributed by atoms with van der Waals surface area (Å²) in [7, 11) is 0. The summed E-state index contributed by atoms with van der Waals surface area (Å²) in [6, 6.07) is 6.31. The third-order valence-corrected chi connectivity index (χ3v) is 4.39. The fourth-order valence-corrected chi connectivity index (χ4v) is 2.73. The molecule has 3 atom stereocenters. The fraction of sp³-hybridized carbons (Fsp3) is 0.529. The summed E-state index contributed by atoms with van der Waals surface area (Å²) < 4.78 is 5.78. The molecule has 3 amide bonds. The molecular formula is C17H25N3O3. The van der Waals surface area contributed by atoms with Gasteiger partial charge < -0.3 is 20.7 Å². The number of urea groups is 1. The molecule has 1 aliphatic rings. The number of carbonyl (C=O) groups excluding carboxylic acids is 2. The molecule has 126 valence electrons. The van der Waals surface area contributed by atoms with Gasteiger partial charge in [0.05, 0.1) is 6.04 Å². The minimum atomic E-state index is -0.678. The monoisotopic (exact) mass is 319 g/mol. The normalized spacial score (nSPS) is 19.8. The summed E-state index contributed by atoms with van der Waals surface area (Å²) in [5.41, 5.74) is 6.21. The average Bonchev–Trinajstić information content (AvgIpc) is 2.70. The number of ether oxygens (including phenoxy) is 1. The van der Waals surface area contributed by atoms with Crippen LogP contribution in [0.3, 0.4) is 0 Å². The maximum absolute atomic E-state index is 13.0. The highest BCUT2D eigenvalue weighted by molar-refractivity contribution is 5.87. The molecule has 1 aromatic rings. The molecular weight excluding hydrogens is 294 g/mol. The quantitative estimate of drug-likeness (QED) is 0.888. The molecule has 0 saturated heterocycles.